The van der Waals surface area contributed by atoms with Crippen LogP contribution in [0, 0.1) is 0 Å². The maximum absolute atomic E-state index is 12.5. The van der Waals surface area contributed by atoms with E-state index in [4.69, 9.17) is 9.47 Å². The van der Waals surface area contributed by atoms with Crippen LogP contribution in [-0.2, 0) is 29.0 Å². The lowest BCUT2D eigenvalue weighted by molar-refractivity contribution is -0.136. The molecule has 182 valence electrons. The number of hydrogen-bond donors (Lipinski definition) is 2. The average molecular weight is 538 g/mol. The number of aryl methyl sites for hydroxylation is 2. The highest BCUT2D eigenvalue weighted by Gasteiger charge is 2.17. The SMILES string of the molecule is CCc1cccc(CC)c1NC(=O)C(=O)N/N=C\c1cccc(OC)c1OCc1ccc(Br)cc1. The summed E-state index contributed by atoms with van der Waals surface area (Å²) in [5.74, 6) is -0.646. The molecule has 3 rings (SSSR count). The molecular formula is C27H28BrN3O4. The zero-order valence-electron chi connectivity index (χ0n) is 19.9. The molecular weight excluding hydrogens is 510 g/mol. The minimum atomic E-state index is -0.866. The first-order chi connectivity index (χ1) is 17.0. The molecule has 3 aromatic carbocycles. The first-order valence-electron chi connectivity index (χ1n) is 11.3. The minimum Gasteiger partial charge on any atom is -0.493 e. The molecule has 0 aliphatic heterocycles. The van der Waals surface area contributed by atoms with E-state index in [0.29, 0.717) is 29.4 Å². The molecule has 0 aliphatic rings. The number of amides is 2. The van der Waals surface area contributed by atoms with Gasteiger partial charge in [0.05, 0.1) is 13.3 Å². The van der Waals surface area contributed by atoms with Crippen LogP contribution in [0.2, 0.25) is 0 Å². The summed E-state index contributed by atoms with van der Waals surface area (Å²) >= 11 is 3.42. The molecule has 0 unspecified atom stereocenters. The van der Waals surface area contributed by atoms with Crippen LogP contribution in [0.15, 0.2) is 70.2 Å². The van der Waals surface area contributed by atoms with Crippen molar-refractivity contribution in [2.45, 2.75) is 33.3 Å². The topological polar surface area (TPSA) is 89.0 Å². The summed E-state index contributed by atoms with van der Waals surface area (Å²) in [6.07, 6.45) is 2.90. The number of nitrogens with zero attached hydrogens (tertiary/aromatic N) is 1. The molecule has 0 aliphatic carbocycles. The highest BCUT2D eigenvalue weighted by Crippen LogP contribution is 2.31. The first kappa shape index (κ1) is 26.0. The second kappa shape index (κ2) is 12.7. The van der Waals surface area contributed by atoms with Gasteiger partial charge < -0.3 is 14.8 Å². The summed E-state index contributed by atoms with van der Waals surface area (Å²) < 4.78 is 12.4. The fraction of sp³-hybridized carbons (Fsp3) is 0.222. The lowest BCUT2D eigenvalue weighted by Gasteiger charge is -2.14. The van der Waals surface area contributed by atoms with Gasteiger partial charge in [-0.25, -0.2) is 5.43 Å². The van der Waals surface area contributed by atoms with Gasteiger partial charge in [0, 0.05) is 15.7 Å². The molecule has 0 saturated heterocycles. The van der Waals surface area contributed by atoms with Crippen LogP contribution < -0.4 is 20.2 Å². The average Bonchev–Trinajstić information content (AvgIpc) is 2.88. The largest absolute Gasteiger partial charge is 0.493 e. The van der Waals surface area contributed by atoms with E-state index in [1.165, 1.54) is 6.21 Å². The maximum atomic E-state index is 12.5. The van der Waals surface area contributed by atoms with E-state index in [1.54, 1.807) is 25.3 Å². The highest BCUT2D eigenvalue weighted by atomic mass is 79.9. The summed E-state index contributed by atoms with van der Waals surface area (Å²) in [6.45, 7) is 4.32. The van der Waals surface area contributed by atoms with E-state index < -0.39 is 11.8 Å². The van der Waals surface area contributed by atoms with Gasteiger partial charge in [0.1, 0.15) is 6.61 Å². The summed E-state index contributed by atoms with van der Waals surface area (Å²) in [5.41, 5.74) is 6.47. The van der Waals surface area contributed by atoms with Gasteiger partial charge in [-0.3, -0.25) is 9.59 Å². The number of nitrogens with one attached hydrogen (secondary N) is 2. The molecule has 0 heterocycles. The van der Waals surface area contributed by atoms with Gasteiger partial charge in [-0.15, -0.1) is 0 Å². The Kier molecular flexibility index (Phi) is 9.43. The zero-order valence-corrected chi connectivity index (χ0v) is 21.5. The lowest BCUT2D eigenvalue weighted by Crippen LogP contribution is -2.33. The number of anilines is 1. The number of carbonyl (C=O) groups is 2. The predicted molar refractivity (Wildman–Crippen MR) is 141 cm³/mol. The Morgan fingerprint density at radius 1 is 0.943 bits per heavy atom. The van der Waals surface area contributed by atoms with E-state index in [9.17, 15) is 9.59 Å². The van der Waals surface area contributed by atoms with Crippen LogP contribution in [-0.4, -0.2) is 25.1 Å². The molecule has 35 heavy (non-hydrogen) atoms. The lowest BCUT2D eigenvalue weighted by atomic mass is 10.0. The molecule has 7 nitrogen and oxygen atoms in total. The van der Waals surface area contributed by atoms with Gasteiger partial charge >= 0.3 is 11.8 Å². The molecule has 8 heteroatoms. The van der Waals surface area contributed by atoms with Crippen molar-refractivity contribution in [3.05, 3.63) is 87.4 Å². The van der Waals surface area contributed by atoms with Crippen LogP contribution in [0.3, 0.4) is 0 Å². The molecule has 0 spiro atoms. The monoisotopic (exact) mass is 537 g/mol. The molecule has 0 aromatic heterocycles. The standard InChI is InChI=1S/C27H28BrN3O4/c1-4-19-8-6-9-20(5-2)24(19)30-26(32)27(33)31-29-16-21-10-7-11-23(34-3)25(21)35-17-18-12-14-22(28)15-13-18/h6-16H,4-5,17H2,1-3H3,(H,30,32)(H,31,33)/b29-16-. The molecule has 0 radical (unpaired) electrons. The van der Waals surface area contributed by atoms with Crippen molar-refractivity contribution in [1.29, 1.82) is 0 Å². The number of hydrazone groups is 1. The molecule has 3 aromatic rings. The van der Waals surface area contributed by atoms with Crippen LogP contribution in [0.25, 0.3) is 0 Å². The van der Waals surface area contributed by atoms with Gasteiger partial charge in [0.25, 0.3) is 0 Å². The van der Waals surface area contributed by atoms with Gasteiger partial charge in [0.2, 0.25) is 0 Å². The van der Waals surface area contributed by atoms with Crippen molar-refractivity contribution >= 4 is 39.6 Å². The maximum Gasteiger partial charge on any atom is 0.329 e. The molecule has 0 atom stereocenters. The van der Waals surface area contributed by atoms with Crippen molar-refractivity contribution in [1.82, 2.24) is 5.43 Å². The smallest absolute Gasteiger partial charge is 0.329 e. The van der Waals surface area contributed by atoms with Gasteiger partial charge in [0.15, 0.2) is 11.5 Å². The zero-order chi connectivity index (χ0) is 25.2. The number of halogens is 1. The molecule has 0 fully saturated rings. The number of ether oxygens (including phenoxy) is 2. The highest BCUT2D eigenvalue weighted by molar-refractivity contribution is 9.10. The Morgan fingerprint density at radius 2 is 1.60 bits per heavy atom. The van der Waals surface area contributed by atoms with Crippen molar-refractivity contribution in [2.75, 3.05) is 12.4 Å². The molecule has 0 saturated carbocycles. The van der Waals surface area contributed by atoms with Crippen LogP contribution in [0.1, 0.15) is 36.1 Å². The van der Waals surface area contributed by atoms with Crippen LogP contribution >= 0.6 is 15.9 Å². The molecule has 0 bridgehead atoms. The summed E-state index contributed by atoms with van der Waals surface area (Å²) in [4.78, 5) is 24.9. The number of carbonyl (C=O) groups excluding carboxylic acids is 2. The Morgan fingerprint density at radius 3 is 2.23 bits per heavy atom. The van der Waals surface area contributed by atoms with E-state index in [2.05, 4.69) is 31.8 Å². The van der Waals surface area contributed by atoms with Gasteiger partial charge in [-0.1, -0.05) is 66.2 Å². The second-order valence-corrected chi connectivity index (χ2v) is 8.52. The summed E-state index contributed by atoms with van der Waals surface area (Å²) in [6, 6.07) is 18.9. The van der Waals surface area contributed by atoms with E-state index >= 15 is 0 Å². The fourth-order valence-electron chi connectivity index (χ4n) is 3.47. The normalized spacial score (nSPS) is 10.7. The van der Waals surface area contributed by atoms with Gasteiger partial charge in [-0.2, -0.15) is 5.10 Å². The van der Waals surface area contributed by atoms with Crippen LogP contribution in [0.4, 0.5) is 5.69 Å². The van der Waals surface area contributed by atoms with Crippen molar-refractivity contribution in [3.63, 3.8) is 0 Å². The van der Waals surface area contributed by atoms with Crippen molar-refractivity contribution in [3.8, 4) is 11.5 Å². The summed E-state index contributed by atoms with van der Waals surface area (Å²) in [5, 5.41) is 6.69. The third kappa shape index (κ3) is 6.93. The van der Waals surface area contributed by atoms with Crippen LogP contribution in [0.5, 0.6) is 11.5 Å². The minimum absolute atomic E-state index is 0.319. The number of para-hydroxylation sites is 2. The Hall–Kier alpha value is -3.65. The number of benzene rings is 3. The second-order valence-electron chi connectivity index (χ2n) is 7.61. The Labute approximate surface area is 213 Å². The Bertz CT molecular complexity index is 1190. The van der Waals surface area contributed by atoms with Crippen molar-refractivity contribution < 1.29 is 19.1 Å². The molecule has 2 amide bonds. The number of rotatable bonds is 9. The van der Waals surface area contributed by atoms with E-state index in [0.717, 1.165) is 34.0 Å². The molecule has 2 N–H and O–H groups in total. The summed E-state index contributed by atoms with van der Waals surface area (Å²) in [7, 11) is 1.55. The fourth-order valence-corrected chi connectivity index (χ4v) is 3.73. The third-order valence-electron chi connectivity index (χ3n) is 5.34. The van der Waals surface area contributed by atoms with Crippen molar-refractivity contribution in [2.24, 2.45) is 5.10 Å². The quantitative estimate of drug-likeness (QED) is 0.221. The Balaban J connectivity index is 1.69. The number of hydrogen-bond acceptors (Lipinski definition) is 5. The first-order valence-corrected chi connectivity index (χ1v) is 12.1. The van der Waals surface area contributed by atoms with E-state index in [1.807, 2.05) is 56.3 Å². The van der Waals surface area contributed by atoms with Gasteiger partial charge in [-0.05, 0) is 53.8 Å². The van der Waals surface area contributed by atoms with E-state index in [-0.39, 0.29) is 0 Å². The third-order valence-corrected chi connectivity index (χ3v) is 5.87. The predicted octanol–water partition coefficient (Wildman–Crippen LogP) is 5.25. The number of methoxy groups -OCH3 is 1.